The Morgan fingerprint density at radius 2 is 1.81 bits per heavy atom. The first-order chi connectivity index (χ1) is 12.3. The molecule has 0 saturated carbocycles. The van der Waals surface area contributed by atoms with E-state index in [1.165, 1.54) is 4.90 Å². The van der Waals surface area contributed by atoms with Gasteiger partial charge in [0.25, 0.3) is 0 Å². The standard InChI is InChI=1S/C21H24N2O2S/c1-21(2,3)20-15-10-13(6-9-17(15)25-23-20)11-19-22-16-8-7-14(26(4)5)12-18(16)24-19/h6-10,12,26H,11H2,1-5H3. The van der Waals surface area contributed by atoms with Crippen LogP contribution < -0.4 is 0 Å². The first-order valence-corrected chi connectivity index (χ1v) is 11.0. The minimum atomic E-state index is -0.142. The first kappa shape index (κ1) is 17.2. The Morgan fingerprint density at radius 1 is 1.00 bits per heavy atom. The summed E-state index contributed by atoms with van der Waals surface area (Å²) in [5.41, 5.74) is 4.68. The van der Waals surface area contributed by atoms with Crippen LogP contribution in [-0.2, 0) is 11.8 Å². The summed E-state index contributed by atoms with van der Waals surface area (Å²) in [4.78, 5) is 5.98. The predicted octanol–water partition coefficient (Wildman–Crippen LogP) is 5.48. The van der Waals surface area contributed by atoms with Gasteiger partial charge in [-0.1, -0.05) is 32.0 Å². The number of benzene rings is 2. The van der Waals surface area contributed by atoms with Crippen LogP contribution in [0.2, 0.25) is 0 Å². The molecule has 0 aliphatic carbocycles. The van der Waals surface area contributed by atoms with Gasteiger partial charge >= 0.3 is 0 Å². The van der Waals surface area contributed by atoms with Crippen LogP contribution in [0.15, 0.2) is 50.2 Å². The molecule has 0 spiro atoms. The maximum atomic E-state index is 6.01. The number of nitrogens with zero attached hydrogens (tertiary/aromatic N) is 2. The van der Waals surface area contributed by atoms with E-state index in [0.29, 0.717) is 6.42 Å². The highest BCUT2D eigenvalue weighted by atomic mass is 32.2. The summed E-state index contributed by atoms with van der Waals surface area (Å²) >= 11 is 0. The van der Waals surface area contributed by atoms with E-state index in [-0.39, 0.29) is 16.3 Å². The average molecular weight is 369 g/mol. The van der Waals surface area contributed by atoms with E-state index in [2.05, 4.69) is 73.8 Å². The summed E-state index contributed by atoms with van der Waals surface area (Å²) in [5, 5.41) is 5.33. The quantitative estimate of drug-likeness (QED) is 0.487. The zero-order chi connectivity index (χ0) is 18.5. The third kappa shape index (κ3) is 3.12. The highest BCUT2D eigenvalue weighted by molar-refractivity contribution is 8.15. The van der Waals surface area contributed by atoms with E-state index in [0.717, 1.165) is 39.2 Å². The Bertz CT molecular complexity index is 1090. The van der Waals surface area contributed by atoms with Gasteiger partial charge in [0.05, 0.1) is 5.69 Å². The third-order valence-corrected chi connectivity index (χ3v) is 5.84. The summed E-state index contributed by atoms with van der Waals surface area (Å²) < 4.78 is 11.5. The van der Waals surface area contributed by atoms with Gasteiger partial charge < -0.3 is 8.94 Å². The van der Waals surface area contributed by atoms with Crippen molar-refractivity contribution in [2.24, 2.45) is 0 Å². The maximum Gasteiger partial charge on any atom is 0.199 e. The SMILES string of the molecule is C[SH](C)c1ccc2nc(Cc3ccc4onc(C(C)(C)C)c4c3)oc2c1. The number of fused-ring (bicyclic) bond motifs is 2. The lowest BCUT2D eigenvalue weighted by molar-refractivity contribution is 0.419. The number of hydrogen-bond donors (Lipinski definition) is 1. The van der Waals surface area contributed by atoms with Gasteiger partial charge in [-0.25, -0.2) is 15.9 Å². The van der Waals surface area contributed by atoms with Crippen molar-refractivity contribution >= 4 is 33.0 Å². The molecule has 2 aromatic carbocycles. The monoisotopic (exact) mass is 368 g/mol. The molecule has 2 aromatic heterocycles. The van der Waals surface area contributed by atoms with Crippen molar-refractivity contribution in [3.8, 4) is 0 Å². The highest BCUT2D eigenvalue weighted by Crippen LogP contribution is 2.32. The fourth-order valence-electron chi connectivity index (χ4n) is 3.13. The molecular weight excluding hydrogens is 344 g/mol. The van der Waals surface area contributed by atoms with Crippen LogP contribution in [0.25, 0.3) is 22.1 Å². The fraction of sp³-hybridized carbons (Fsp3) is 0.333. The molecule has 0 atom stereocenters. The number of oxazole rings is 1. The lowest BCUT2D eigenvalue weighted by atomic mass is 9.89. The van der Waals surface area contributed by atoms with Gasteiger partial charge in [0.2, 0.25) is 0 Å². The second-order valence-corrected chi connectivity index (χ2v) is 10.2. The van der Waals surface area contributed by atoms with E-state index in [1.807, 2.05) is 6.07 Å². The average Bonchev–Trinajstić information content (AvgIpc) is 3.16. The Hall–Kier alpha value is -2.27. The number of hydrogen-bond acceptors (Lipinski definition) is 4. The minimum Gasteiger partial charge on any atom is -0.440 e. The fourth-order valence-corrected chi connectivity index (χ4v) is 3.87. The molecule has 4 nitrogen and oxygen atoms in total. The molecule has 0 aliphatic heterocycles. The van der Waals surface area contributed by atoms with E-state index < -0.39 is 0 Å². The van der Waals surface area contributed by atoms with E-state index in [4.69, 9.17) is 8.94 Å². The Labute approximate surface area is 155 Å². The molecule has 0 bridgehead atoms. The molecule has 0 amide bonds. The third-order valence-electron chi connectivity index (χ3n) is 4.53. The Kier molecular flexibility index (Phi) is 4.07. The van der Waals surface area contributed by atoms with Crippen molar-refractivity contribution in [2.75, 3.05) is 12.5 Å². The molecule has 4 aromatic rings. The second kappa shape index (κ2) is 6.16. The van der Waals surface area contributed by atoms with Crippen molar-refractivity contribution in [1.82, 2.24) is 10.1 Å². The molecule has 0 aliphatic rings. The van der Waals surface area contributed by atoms with Gasteiger partial charge in [-0.2, -0.15) is 0 Å². The normalized spacial score (nSPS) is 12.9. The molecule has 0 unspecified atom stereocenters. The van der Waals surface area contributed by atoms with Crippen molar-refractivity contribution in [1.29, 1.82) is 0 Å². The van der Waals surface area contributed by atoms with Gasteiger partial charge in [0, 0.05) is 17.2 Å². The van der Waals surface area contributed by atoms with E-state index in [9.17, 15) is 0 Å². The number of thiol groups is 1. The summed E-state index contributed by atoms with van der Waals surface area (Å²) in [7, 11) is -0.142. The Morgan fingerprint density at radius 3 is 2.54 bits per heavy atom. The first-order valence-electron chi connectivity index (χ1n) is 8.77. The molecule has 0 radical (unpaired) electrons. The van der Waals surface area contributed by atoms with Crippen LogP contribution in [0.3, 0.4) is 0 Å². The van der Waals surface area contributed by atoms with Gasteiger partial charge in [-0.15, -0.1) is 0 Å². The largest absolute Gasteiger partial charge is 0.440 e. The highest BCUT2D eigenvalue weighted by Gasteiger charge is 2.22. The molecule has 0 fully saturated rings. The lowest BCUT2D eigenvalue weighted by Gasteiger charge is -2.14. The van der Waals surface area contributed by atoms with Crippen LogP contribution in [-0.4, -0.2) is 22.7 Å². The van der Waals surface area contributed by atoms with Crippen LogP contribution in [0.4, 0.5) is 0 Å². The summed E-state index contributed by atoms with van der Waals surface area (Å²) in [6, 6.07) is 12.5. The van der Waals surface area contributed by atoms with Gasteiger partial charge in [0.15, 0.2) is 17.1 Å². The summed E-state index contributed by atoms with van der Waals surface area (Å²) in [6.45, 7) is 6.43. The van der Waals surface area contributed by atoms with Crippen molar-refractivity contribution < 1.29 is 8.94 Å². The lowest BCUT2D eigenvalue weighted by Crippen LogP contribution is -2.11. The van der Waals surface area contributed by atoms with E-state index in [1.54, 1.807) is 0 Å². The molecule has 136 valence electrons. The maximum absolute atomic E-state index is 6.01. The summed E-state index contributed by atoms with van der Waals surface area (Å²) in [6.07, 6.45) is 5.14. The molecular formula is C21H24N2O2S. The van der Waals surface area contributed by atoms with Gasteiger partial charge in [-0.3, -0.25) is 0 Å². The van der Waals surface area contributed by atoms with E-state index >= 15 is 0 Å². The number of rotatable bonds is 3. The predicted molar refractivity (Wildman–Crippen MR) is 109 cm³/mol. The van der Waals surface area contributed by atoms with Crippen LogP contribution in [0.5, 0.6) is 0 Å². The van der Waals surface area contributed by atoms with Gasteiger partial charge in [0.1, 0.15) is 5.52 Å². The smallest absolute Gasteiger partial charge is 0.199 e. The molecule has 26 heavy (non-hydrogen) atoms. The second-order valence-electron chi connectivity index (χ2n) is 7.94. The van der Waals surface area contributed by atoms with Crippen molar-refractivity contribution in [2.45, 2.75) is 37.5 Å². The minimum absolute atomic E-state index is 0.0590. The van der Waals surface area contributed by atoms with Crippen LogP contribution in [0.1, 0.15) is 37.9 Å². The zero-order valence-corrected chi connectivity index (χ0v) is 16.7. The summed E-state index contributed by atoms with van der Waals surface area (Å²) in [5.74, 6) is 0.738. The molecule has 2 heterocycles. The topological polar surface area (TPSA) is 52.1 Å². The molecule has 4 rings (SSSR count). The van der Waals surface area contributed by atoms with Crippen molar-refractivity contribution in [3.05, 3.63) is 53.5 Å². The van der Waals surface area contributed by atoms with Crippen LogP contribution >= 0.6 is 10.9 Å². The molecule has 5 heteroatoms. The van der Waals surface area contributed by atoms with Crippen LogP contribution in [0, 0.1) is 0 Å². The molecule has 0 saturated heterocycles. The zero-order valence-electron chi connectivity index (χ0n) is 15.8. The molecule has 0 N–H and O–H groups in total. The number of aromatic nitrogens is 2. The van der Waals surface area contributed by atoms with Crippen molar-refractivity contribution in [3.63, 3.8) is 0 Å². The van der Waals surface area contributed by atoms with Gasteiger partial charge in [-0.05, 0) is 53.3 Å². The Balaban J connectivity index is 1.69.